The van der Waals surface area contributed by atoms with Crippen molar-refractivity contribution in [2.24, 2.45) is 5.92 Å². The van der Waals surface area contributed by atoms with E-state index in [4.69, 9.17) is 5.73 Å². The zero-order valence-corrected chi connectivity index (χ0v) is 8.70. The molecule has 3 nitrogen and oxygen atoms in total. The van der Waals surface area contributed by atoms with Crippen molar-refractivity contribution in [1.29, 1.82) is 0 Å². The SMILES string of the molecule is Nc1ccccc1C(=O)CC1CCNC1. The van der Waals surface area contributed by atoms with Gasteiger partial charge < -0.3 is 11.1 Å². The van der Waals surface area contributed by atoms with Crippen molar-refractivity contribution in [2.75, 3.05) is 18.8 Å². The number of carbonyl (C=O) groups is 1. The summed E-state index contributed by atoms with van der Waals surface area (Å²) in [5, 5.41) is 3.26. The molecule has 80 valence electrons. The Morgan fingerprint density at radius 3 is 2.93 bits per heavy atom. The molecule has 0 radical (unpaired) electrons. The first-order valence-corrected chi connectivity index (χ1v) is 5.36. The molecule has 1 fully saturated rings. The van der Waals surface area contributed by atoms with Gasteiger partial charge in [0.25, 0.3) is 0 Å². The molecule has 0 saturated carbocycles. The average Bonchev–Trinajstić information content (AvgIpc) is 2.71. The lowest BCUT2D eigenvalue weighted by molar-refractivity contribution is 0.0965. The lowest BCUT2D eigenvalue weighted by atomic mass is 9.97. The van der Waals surface area contributed by atoms with Crippen LogP contribution in [0, 0.1) is 5.92 Å². The largest absolute Gasteiger partial charge is 0.398 e. The highest BCUT2D eigenvalue weighted by Crippen LogP contribution is 2.19. The highest BCUT2D eigenvalue weighted by Gasteiger charge is 2.19. The van der Waals surface area contributed by atoms with Crippen LogP contribution in [0.1, 0.15) is 23.2 Å². The highest BCUT2D eigenvalue weighted by molar-refractivity contribution is 6.00. The lowest BCUT2D eigenvalue weighted by Gasteiger charge is -2.08. The average molecular weight is 204 g/mol. The van der Waals surface area contributed by atoms with E-state index < -0.39 is 0 Å². The Balaban J connectivity index is 2.04. The maximum Gasteiger partial charge on any atom is 0.165 e. The van der Waals surface area contributed by atoms with E-state index in [9.17, 15) is 4.79 Å². The second-order valence-electron chi connectivity index (χ2n) is 4.07. The topological polar surface area (TPSA) is 55.1 Å². The van der Waals surface area contributed by atoms with Gasteiger partial charge in [-0.25, -0.2) is 0 Å². The molecule has 2 rings (SSSR count). The molecule has 3 N–H and O–H groups in total. The van der Waals surface area contributed by atoms with Crippen LogP contribution in [0.5, 0.6) is 0 Å². The van der Waals surface area contributed by atoms with E-state index in [1.54, 1.807) is 12.1 Å². The first-order valence-electron chi connectivity index (χ1n) is 5.36. The third-order valence-corrected chi connectivity index (χ3v) is 2.90. The molecule has 0 amide bonds. The summed E-state index contributed by atoms with van der Waals surface area (Å²) < 4.78 is 0. The smallest absolute Gasteiger partial charge is 0.165 e. The number of hydrogen-bond donors (Lipinski definition) is 2. The first kappa shape index (κ1) is 10.2. The van der Waals surface area contributed by atoms with Gasteiger partial charge in [-0.3, -0.25) is 4.79 Å². The number of para-hydroxylation sites is 1. The van der Waals surface area contributed by atoms with Crippen LogP contribution in [0.25, 0.3) is 0 Å². The van der Waals surface area contributed by atoms with E-state index in [1.165, 1.54) is 0 Å². The maximum atomic E-state index is 11.9. The number of benzene rings is 1. The van der Waals surface area contributed by atoms with Crippen LogP contribution in [0.4, 0.5) is 5.69 Å². The number of ketones is 1. The molecule has 0 aromatic heterocycles. The fourth-order valence-corrected chi connectivity index (χ4v) is 2.01. The highest BCUT2D eigenvalue weighted by atomic mass is 16.1. The Morgan fingerprint density at radius 2 is 2.27 bits per heavy atom. The Labute approximate surface area is 89.7 Å². The third kappa shape index (κ3) is 2.36. The number of Topliss-reactive ketones (excluding diaryl/α,β-unsaturated/α-hetero) is 1. The summed E-state index contributed by atoms with van der Waals surface area (Å²) in [6, 6.07) is 7.29. The minimum atomic E-state index is 0.168. The van der Waals surface area contributed by atoms with Gasteiger partial charge >= 0.3 is 0 Å². The first-order chi connectivity index (χ1) is 7.27. The molecule has 1 saturated heterocycles. The van der Waals surface area contributed by atoms with Gasteiger partial charge in [-0.1, -0.05) is 12.1 Å². The van der Waals surface area contributed by atoms with E-state index in [0.717, 1.165) is 19.5 Å². The predicted octanol–water partition coefficient (Wildman–Crippen LogP) is 1.45. The normalized spacial score (nSPS) is 20.4. The van der Waals surface area contributed by atoms with Crippen LogP contribution < -0.4 is 11.1 Å². The van der Waals surface area contributed by atoms with Crippen LogP contribution in [-0.2, 0) is 0 Å². The van der Waals surface area contributed by atoms with Crippen molar-refractivity contribution in [3.63, 3.8) is 0 Å². The van der Waals surface area contributed by atoms with Crippen LogP contribution in [0.15, 0.2) is 24.3 Å². The zero-order chi connectivity index (χ0) is 10.7. The minimum Gasteiger partial charge on any atom is -0.398 e. The van der Waals surface area contributed by atoms with Gasteiger partial charge in [0.05, 0.1) is 0 Å². The molecule has 15 heavy (non-hydrogen) atoms. The molecule has 0 spiro atoms. The Bertz CT molecular complexity index is 356. The number of nitrogens with one attached hydrogen (secondary N) is 1. The Morgan fingerprint density at radius 1 is 1.47 bits per heavy atom. The molecular weight excluding hydrogens is 188 g/mol. The van der Waals surface area contributed by atoms with Crippen LogP contribution in [-0.4, -0.2) is 18.9 Å². The van der Waals surface area contributed by atoms with Gasteiger partial charge in [-0.2, -0.15) is 0 Å². The van der Waals surface area contributed by atoms with E-state index in [1.807, 2.05) is 12.1 Å². The minimum absolute atomic E-state index is 0.168. The van der Waals surface area contributed by atoms with Crippen LogP contribution in [0.2, 0.25) is 0 Å². The number of carbonyl (C=O) groups excluding carboxylic acids is 1. The van der Waals surface area contributed by atoms with Gasteiger partial charge in [0, 0.05) is 17.7 Å². The van der Waals surface area contributed by atoms with E-state index >= 15 is 0 Å². The van der Waals surface area contributed by atoms with Crippen molar-refractivity contribution in [3.8, 4) is 0 Å². The van der Waals surface area contributed by atoms with E-state index in [2.05, 4.69) is 5.32 Å². The third-order valence-electron chi connectivity index (χ3n) is 2.90. The fourth-order valence-electron chi connectivity index (χ4n) is 2.01. The molecule has 1 atom stereocenters. The monoisotopic (exact) mass is 204 g/mol. The van der Waals surface area contributed by atoms with Crippen LogP contribution >= 0.6 is 0 Å². The van der Waals surface area contributed by atoms with Gasteiger partial charge in [-0.15, -0.1) is 0 Å². The van der Waals surface area contributed by atoms with Gasteiger partial charge in [0.2, 0.25) is 0 Å². The summed E-state index contributed by atoms with van der Waals surface area (Å²) in [4.78, 5) is 11.9. The van der Waals surface area contributed by atoms with Gasteiger partial charge in [0.15, 0.2) is 5.78 Å². The van der Waals surface area contributed by atoms with Crippen molar-refractivity contribution in [2.45, 2.75) is 12.8 Å². The second kappa shape index (κ2) is 4.45. The quantitative estimate of drug-likeness (QED) is 0.579. The molecule has 0 bridgehead atoms. The molecular formula is C12H16N2O. The van der Waals surface area contributed by atoms with Crippen molar-refractivity contribution < 1.29 is 4.79 Å². The number of anilines is 1. The van der Waals surface area contributed by atoms with Gasteiger partial charge in [-0.05, 0) is 37.6 Å². The Hall–Kier alpha value is -1.35. The summed E-state index contributed by atoms with van der Waals surface area (Å²) in [6.45, 7) is 1.99. The van der Waals surface area contributed by atoms with E-state index in [-0.39, 0.29) is 5.78 Å². The number of nitrogens with two attached hydrogens (primary N) is 1. The van der Waals surface area contributed by atoms with Gasteiger partial charge in [0.1, 0.15) is 0 Å². The molecule has 0 aliphatic carbocycles. The zero-order valence-electron chi connectivity index (χ0n) is 8.70. The number of rotatable bonds is 3. The number of hydrogen-bond acceptors (Lipinski definition) is 3. The summed E-state index contributed by atoms with van der Waals surface area (Å²) in [7, 11) is 0. The molecule has 1 heterocycles. The maximum absolute atomic E-state index is 11.9. The molecule has 1 aliphatic rings. The Kier molecular flexibility index (Phi) is 3.02. The molecule has 1 unspecified atom stereocenters. The van der Waals surface area contributed by atoms with Crippen LogP contribution in [0.3, 0.4) is 0 Å². The standard InChI is InChI=1S/C12H16N2O/c13-11-4-2-1-3-10(11)12(15)7-9-5-6-14-8-9/h1-4,9,14H,5-8,13H2. The van der Waals surface area contributed by atoms with Crippen molar-refractivity contribution >= 4 is 11.5 Å². The second-order valence-corrected chi connectivity index (χ2v) is 4.07. The lowest BCUT2D eigenvalue weighted by Crippen LogP contribution is -2.13. The van der Waals surface area contributed by atoms with Crippen molar-refractivity contribution in [1.82, 2.24) is 5.32 Å². The summed E-state index contributed by atoms with van der Waals surface area (Å²) >= 11 is 0. The molecule has 1 aromatic carbocycles. The molecule has 1 aromatic rings. The molecule has 3 heteroatoms. The fraction of sp³-hybridized carbons (Fsp3) is 0.417. The van der Waals surface area contributed by atoms with Crippen molar-refractivity contribution in [3.05, 3.63) is 29.8 Å². The number of nitrogen functional groups attached to an aromatic ring is 1. The molecule has 1 aliphatic heterocycles. The summed E-state index contributed by atoms with van der Waals surface area (Å²) in [5.41, 5.74) is 7.02. The summed E-state index contributed by atoms with van der Waals surface area (Å²) in [5.74, 6) is 0.652. The summed E-state index contributed by atoms with van der Waals surface area (Å²) in [6.07, 6.45) is 1.71. The predicted molar refractivity (Wildman–Crippen MR) is 60.8 cm³/mol. The van der Waals surface area contributed by atoms with E-state index in [0.29, 0.717) is 23.6 Å².